The molecule has 0 aliphatic carbocycles. The zero-order valence-electron chi connectivity index (χ0n) is 23.4. The van der Waals surface area contributed by atoms with E-state index in [1.807, 2.05) is 18.7 Å². The average Bonchev–Trinajstić information content (AvgIpc) is 3.13. The predicted octanol–water partition coefficient (Wildman–Crippen LogP) is 2.56. The van der Waals surface area contributed by atoms with Crippen LogP contribution < -0.4 is 14.9 Å². The van der Waals surface area contributed by atoms with E-state index in [1.54, 1.807) is 54.1 Å². The summed E-state index contributed by atoms with van der Waals surface area (Å²) < 4.78 is 39.9. The first kappa shape index (κ1) is 29.3. The van der Waals surface area contributed by atoms with Crippen molar-refractivity contribution in [1.82, 2.24) is 15.1 Å². The molecular formula is C28H36FN5O5S. The Labute approximate surface area is 234 Å². The SMILES string of the molecule is Cc1ccc(F)c(C(=O)N[C@@H](C(=O)N2CCC3(CC2)C(=O)N(C)CN3c2ccc(NS(C)(=O)=O)cc2)C(C)C)c1. The molecule has 0 radical (unpaired) electrons. The Morgan fingerprint density at radius 2 is 1.68 bits per heavy atom. The number of nitrogens with one attached hydrogen (secondary N) is 2. The molecule has 216 valence electrons. The molecule has 0 aromatic heterocycles. The molecule has 0 unspecified atom stereocenters. The van der Waals surface area contributed by atoms with Crippen molar-refractivity contribution in [2.45, 2.75) is 45.2 Å². The van der Waals surface area contributed by atoms with Crippen molar-refractivity contribution in [3.63, 3.8) is 0 Å². The fourth-order valence-electron chi connectivity index (χ4n) is 5.46. The normalized spacial score (nSPS) is 17.9. The molecule has 2 heterocycles. The van der Waals surface area contributed by atoms with E-state index in [0.29, 0.717) is 38.3 Å². The summed E-state index contributed by atoms with van der Waals surface area (Å²) in [4.78, 5) is 45.2. The van der Waals surface area contributed by atoms with Crippen LogP contribution in [0.3, 0.4) is 0 Å². The standard InChI is InChI=1S/C28H36FN5O5S/c1-18(2)24(30-25(35)22-16-19(3)6-11-23(22)29)26(36)33-14-12-28(13-15-33)27(37)32(4)17-34(28)21-9-7-20(8-10-21)31-40(5,38)39/h6-11,16,18,24,31H,12-15,17H2,1-5H3,(H,30,35)/t24-/m1/s1. The van der Waals surface area contributed by atoms with Gasteiger partial charge in [-0.1, -0.05) is 25.5 Å². The van der Waals surface area contributed by atoms with E-state index >= 15 is 0 Å². The number of likely N-dealkylation sites (N-methyl/N-ethyl adjacent to an activating group) is 1. The summed E-state index contributed by atoms with van der Waals surface area (Å²) in [5.74, 6) is -1.85. The largest absolute Gasteiger partial charge is 0.341 e. The first-order valence-corrected chi connectivity index (χ1v) is 15.1. The number of amides is 3. The van der Waals surface area contributed by atoms with Crippen LogP contribution in [0.5, 0.6) is 0 Å². The highest BCUT2D eigenvalue weighted by Crippen LogP contribution is 2.39. The van der Waals surface area contributed by atoms with Gasteiger partial charge in [-0.2, -0.15) is 0 Å². The number of hydrogen-bond acceptors (Lipinski definition) is 6. The zero-order chi connectivity index (χ0) is 29.4. The number of aryl methyl sites for hydroxylation is 1. The molecule has 2 fully saturated rings. The number of likely N-dealkylation sites (tertiary alicyclic amines) is 1. The molecule has 2 N–H and O–H groups in total. The molecule has 3 amide bonds. The summed E-state index contributed by atoms with van der Waals surface area (Å²) in [5.41, 5.74) is 0.968. The molecule has 1 spiro atoms. The molecule has 1 atom stereocenters. The number of sulfonamides is 1. The molecule has 40 heavy (non-hydrogen) atoms. The van der Waals surface area contributed by atoms with Crippen molar-refractivity contribution in [3.8, 4) is 0 Å². The van der Waals surface area contributed by atoms with Gasteiger partial charge in [0.05, 0.1) is 18.5 Å². The number of benzene rings is 2. The topological polar surface area (TPSA) is 119 Å². The molecule has 2 saturated heterocycles. The van der Waals surface area contributed by atoms with E-state index in [-0.39, 0.29) is 23.3 Å². The molecule has 2 aromatic rings. The quantitative estimate of drug-likeness (QED) is 0.526. The summed E-state index contributed by atoms with van der Waals surface area (Å²) >= 11 is 0. The van der Waals surface area contributed by atoms with E-state index in [9.17, 15) is 27.2 Å². The Bertz CT molecular complexity index is 1400. The van der Waals surface area contributed by atoms with Gasteiger partial charge in [-0.25, -0.2) is 12.8 Å². The molecule has 10 nitrogen and oxygen atoms in total. The Morgan fingerprint density at radius 1 is 1.05 bits per heavy atom. The first-order valence-electron chi connectivity index (χ1n) is 13.2. The third-order valence-electron chi connectivity index (χ3n) is 7.59. The second kappa shape index (κ2) is 11.1. The second-order valence-corrected chi connectivity index (χ2v) is 12.8. The van der Waals surface area contributed by atoms with Crippen molar-refractivity contribution in [1.29, 1.82) is 0 Å². The van der Waals surface area contributed by atoms with Crippen LogP contribution in [0.15, 0.2) is 42.5 Å². The third-order valence-corrected chi connectivity index (χ3v) is 8.19. The summed E-state index contributed by atoms with van der Waals surface area (Å²) in [6.07, 6.45) is 1.85. The van der Waals surface area contributed by atoms with Gasteiger partial charge in [0, 0.05) is 31.5 Å². The van der Waals surface area contributed by atoms with Crippen LogP contribution in [0.2, 0.25) is 0 Å². The van der Waals surface area contributed by atoms with Gasteiger partial charge in [0.2, 0.25) is 21.8 Å². The van der Waals surface area contributed by atoms with Crippen LogP contribution in [0, 0.1) is 18.7 Å². The lowest BCUT2D eigenvalue weighted by molar-refractivity contribution is -0.139. The summed E-state index contributed by atoms with van der Waals surface area (Å²) in [6, 6.07) is 10.3. The molecule has 2 aliphatic rings. The van der Waals surface area contributed by atoms with E-state index in [4.69, 9.17) is 0 Å². The Morgan fingerprint density at radius 3 is 2.25 bits per heavy atom. The second-order valence-electron chi connectivity index (χ2n) is 11.0. The summed E-state index contributed by atoms with van der Waals surface area (Å²) in [7, 11) is -1.68. The molecule has 4 rings (SSSR count). The van der Waals surface area contributed by atoms with Gasteiger partial charge in [0.15, 0.2) is 0 Å². The van der Waals surface area contributed by atoms with Crippen LogP contribution in [0.1, 0.15) is 42.6 Å². The number of anilines is 2. The van der Waals surface area contributed by atoms with E-state index in [2.05, 4.69) is 10.0 Å². The minimum absolute atomic E-state index is 0.0402. The lowest BCUT2D eigenvalue weighted by atomic mass is 9.85. The molecular weight excluding hydrogens is 537 g/mol. The van der Waals surface area contributed by atoms with Gasteiger partial charge < -0.3 is 20.0 Å². The highest BCUT2D eigenvalue weighted by atomic mass is 32.2. The van der Waals surface area contributed by atoms with Gasteiger partial charge >= 0.3 is 0 Å². The number of nitrogens with zero attached hydrogens (tertiary/aromatic N) is 3. The first-order chi connectivity index (χ1) is 18.7. The summed E-state index contributed by atoms with van der Waals surface area (Å²) in [6.45, 7) is 6.37. The minimum atomic E-state index is -3.42. The smallest absolute Gasteiger partial charge is 0.254 e. The van der Waals surface area contributed by atoms with E-state index in [0.717, 1.165) is 17.5 Å². The maximum absolute atomic E-state index is 14.3. The maximum atomic E-state index is 14.3. The van der Waals surface area contributed by atoms with Crippen molar-refractivity contribution < 1.29 is 27.2 Å². The molecule has 2 aromatic carbocycles. The van der Waals surface area contributed by atoms with E-state index < -0.39 is 33.3 Å². The van der Waals surface area contributed by atoms with E-state index in [1.165, 1.54) is 12.1 Å². The Kier molecular flexibility index (Phi) is 8.11. The number of rotatable bonds is 7. The van der Waals surface area contributed by atoms with Gasteiger partial charge in [-0.15, -0.1) is 0 Å². The number of carbonyl (C=O) groups is 3. The van der Waals surface area contributed by atoms with Crippen LogP contribution in [0.4, 0.5) is 15.8 Å². The highest BCUT2D eigenvalue weighted by molar-refractivity contribution is 7.92. The van der Waals surface area contributed by atoms with Gasteiger partial charge in [-0.05, 0) is 62.1 Å². The molecule has 0 bridgehead atoms. The van der Waals surface area contributed by atoms with Crippen molar-refractivity contribution >= 4 is 39.1 Å². The number of piperidine rings is 1. The van der Waals surface area contributed by atoms with Gasteiger partial charge in [-0.3, -0.25) is 19.1 Å². The lowest BCUT2D eigenvalue weighted by Gasteiger charge is -2.44. The average molecular weight is 574 g/mol. The van der Waals surface area contributed by atoms with Crippen molar-refractivity contribution in [2.24, 2.45) is 5.92 Å². The van der Waals surface area contributed by atoms with Crippen molar-refractivity contribution in [2.75, 3.05) is 42.7 Å². The van der Waals surface area contributed by atoms with Crippen LogP contribution in [0.25, 0.3) is 0 Å². The van der Waals surface area contributed by atoms with Crippen LogP contribution in [-0.2, 0) is 19.6 Å². The molecule has 2 aliphatic heterocycles. The minimum Gasteiger partial charge on any atom is -0.341 e. The fraction of sp³-hybridized carbons (Fsp3) is 0.464. The molecule has 12 heteroatoms. The van der Waals surface area contributed by atoms with Crippen molar-refractivity contribution in [3.05, 3.63) is 59.4 Å². The Balaban J connectivity index is 1.49. The third kappa shape index (κ3) is 5.91. The monoisotopic (exact) mass is 573 g/mol. The predicted molar refractivity (Wildman–Crippen MR) is 151 cm³/mol. The van der Waals surface area contributed by atoms with Crippen LogP contribution in [-0.4, -0.2) is 80.6 Å². The zero-order valence-corrected chi connectivity index (χ0v) is 24.2. The fourth-order valence-corrected chi connectivity index (χ4v) is 6.02. The Hall–Kier alpha value is -3.67. The summed E-state index contributed by atoms with van der Waals surface area (Å²) in [5, 5.41) is 2.73. The number of hydrogen-bond donors (Lipinski definition) is 2. The number of carbonyl (C=O) groups excluding carboxylic acids is 3. The lowest BCUT2D eigenvalue weighted by Crippen LogP contribution is -2.60. The highest BCUT2D eigenvalue weighted by Gasteiger charge is 2.53. The van der Waals surface area contributed by atoms with Crippen LogP contribution >= 0.6 is 0 Å². The molecule has 0 saturated carbocycles. The maximum Gasteiger partial charge on any atom is 0.254 e. The number of halogens is 1. The van der Waals surface area contributed by atoms with Gasteiger partial charge in [0.25, 0.3) is 5.91 Å². The van der Waals surface area contributed by atoms with Gasteiger partial charge in [0.1, 0.15) is 17.4 Å².